The van der Waals surface area contributed by atoms with E-state index in [0.717, 1.165) is 36.3 Å². The highest BCUT2D eigenvalue weighted by atomic mass is 15.1. The van der Waals surface area contributed by atoms with Crippen molar-refractivity contribution in [3.63, 3.8) is 0 Å². The number of benzene rings is 5. The molecule has 0 amide bonds. The normalized spacial score (nSPS) is 18.1. The maximum atomic E-state index is 5.18. The number of nitrogens with zero attached hydrogens (tertiary/aromatic N) is 2. The van der Waals surface area contributed by atoms with Crippen molar-refractivity contribution in [1.29, 1.82) is 0 Å². The van der Waals surface area contributed by atoms with Crippen molar-refractivity contribution in [2.24, 2.45) is 11.8 Å². The average molecular weight is 619 g/mol. The van der Waals surface area contributed by atoms with Crippen molar-refractivity contribution >= 4 is 17.2 Å². The minimum absolute atomic E-state index is 0.378. The van der Waals surface area contributed by atoms with Crippen molar-refractivity contribution in [1.82, 2.24) is 9.55 Å². The van der Waals surface area contributed by atoms with Crippen LogP contribution in [0.25, 0.3) is 45.4 Å². The van der Waals surface area contributed by atoms with Gasteiger partial charge in [-0.1, -0.05) is 134 Å². The second-order valence-corrected chi connectivity index (χ2v) is 13.4. The molecular formula is C46H38N2. The molecular weight excluding hydrogens is 581 g/mol. The van der Waals surface area contributed by atoms with E-state index in [1.165, 1.54) is 67.2 Å². The highest BCUT2D eigenvalue weighted by molar-refractivity contribution is 5.89. The molecule has 0 bridgehead atoms. The lowest BCUT2D eigenvalue weighted by Crippen LogP contribution is -2.40. The van der Waals surface area contributed by atoms with Gasteiger partial charge >= 0.3 is 0 Å². The van der Waals surface area contributed by atoms with Gasteiger partial charge in [0.1, 0.15) is 5.82 Å². The van der Waals surface area contributed by atoms with E-state index in [1.54, 1.807) is 0 Å². The number of hydrogen-bond acceptors (Lipinski definition) is 1. The van der Waals surface area contributed by atoms with Gasteiger partial charge in [-0.05, 0) is 105 Å². The van der Waals surface area contributed by atoms with Gasteiger partial charge in [0.25, 0.3) is 0 Å². The Hall–Kier alpha value is -5.47. The van der Waals surface area contributed by atoms with Gasteiger partial charge in [0.15, 0.2) is 0 Å². The number of hydrogen-bond donors (Lipinski definition) is 0. The number of aryl methyl sites for hydroxylation is 1. The summed E-state index contributed by atoms with van der Waals surface area (Å²) in [5.41, 5.74) is 14.1. The van der Waals surface area contributed by atoms with Crippen molar-refractivity contribution in [2.75, 3.05) is 0 Å². The molecule has 2 unspecified atom stereocenters. The molecule has 3 aliphatic rings. The summed E-state index contributed by atoms with van der Waals surface area (Å²) in [6.45, 7) is 2.44. The Bertz CT molecular complexity index is 2320. The van der Waals surface area contributed by atoms with E-state index >= 15 is 0 Å². The number of fused-ring (bicyclic) bond motifs is 3. The van der Waals surface area contributed by atoms with Crippen LogP contribution in [0, 0.1) is 11.8 Å². The fourth-order valence-electron chi connectivity index (χ4n) is 8.26. The molecule has 0 spiro atoms. The topological polar surface area (TPSA) is 17.8 Å². The first kappa shape index (κ1) is 28.7. The Morgan fingerprint density at radius 2 is 1.29 bits per heavy atom. The lowest BCUT2D eigenvalue weighted by molar-refractivity contribution is 0.442. The molecule has 0 saturated carbocycles. The largest absolute Gasteiger partial charge is 0.293 e. The molecule has 48 heavy (non-hydrogen) atoms. The van der Waals surface area contributed by atoms with Crippen LogP contribution in [0.4, 0.5) is 0 Å². The zero-order chi connectivity index (χ0) is 32.0. The summed E-state index contributed by atoms with van der Waals surface area (Å²) in [4.78, 5) is 5.18. The molecule has 0 N–H and O–H groups in total. The molecule has 6 aromatic rings. The quantitative estimate of drug-likeness (QED) is 0.188. The molecule has 9 rings (SSSR count). The summed E-state index contributed by atoms with van der Waals surface area (Å²) in [6, 6.07) is 49.0. The van der Waals surface area contributed by atoms with E-state index in [2.05, 4.69) is 163 Å². The third-order valence-electron chi connectivity index (χ3n) is 10.5. The first-order valence-electron chi connectivity index (χ1n) is 17.4. The van der Waals surface area contributed by atoms with Gasteiger partial charge in [0.05, 0.1) is 11.4 Å². The minimum atomic E-state index is 0.378. The average Bonchev–Trinajstić information content (AvgIpc) is 3.55. The third-order valence-corrected chi connectivity index (χ3v) is 10.5. The second-order valence-electron chi connectivity index (χ2n) is 13.4. The van der Waals surface area contributed by atoms with Crippen LogP contribution >= 0.6 is 0 Å². The number of imidazole rings is 1. The maximum absolute atomic E-state index is 5.18. The zero-order valence-electron chi connectivity index (χ0n) is 27.3. The van der Waals surface area contributed by atoms with Gasteiger partial charge in [0, 0.05) is 17.2 Å². The molecule has 0 fully saturated rings. The predicted octanol–water partition coefficient (Wildman–Crippen LogP) is 9.55. The lowest BCUT2D eigenvalue weighted by atomic mass is 9.67. The fourth-order valence-corrected chi connectivity index (χ4v) is 8.26. The minimum Gasteiger partial charge on any atom is -0.293 e. The Labute approximate surface area is 282 Å². The molecule has 232 valence electrons. The standard InChI is InChI=1S/C46H38N2/c1-31-14-13-21-39-43(31)45(34-17-7-3-8-18-34)38-29-28-36(30-40(38)44(39)33-15-5-2-6-16-33)32-24-26-35(27-25-32)46-47-41-22-11-12-23-42(41)48(46)37-19-9-4-10-20-37/h2-10,12,15-21,23-31,43H,11,13-14,22H2,1H3. The van der Waals surface area contributed by atoms with Crippen molar-refractivity contribution in [3.8, 4) is 28.2 Å². The summed E-state index contributed by atoms with van der Waals surface area (Å²) in [6.07, 6.45) is 11.4. The lowest BCUT2D eigenvalue weighted by Gasteiger charge is -2.37. The fraction of sp³-hybridized carbons (Fsp3) is 0.152. The first-order chi connectivity index (χ1) is 23.7. The molecule has 1 aromatic heterocycles. The van der Waals surface area contributed by atoms with E-state index < -0.39 is 0 Å². The number of allylic oxidation sites excluding steroid dienone is 3. The van der Waals surface area contributed by atoms with Gasteiger partial charge in [0.2, 0.25) is 0 Å². The maximum Gasteiger partial charge on any atom is 0.145 e. The molecule has 1 heterocycles. The molecule has 3 aliphatic carbocycles. The summed E-state index contributed by atoms with van der Waals surface area (Å²) >= 11 is 0. The highest BCUT2D eigenvalue weighted by Crippen LogP contribution is 2.45. The van der Waals surface area contributed by atoms with Crippen LogP contribution in [-0.2, 0) is 6.42 Å². The molecule has 2 heteroatoms. The van der Waals surface area contributed by atoms with Crippen LogP contribution in [0.1, 0.15) is 48.7 Å². The number of aromatic nitrogens is 2. The van der Waals surface area contributed by atoms with Crippen molar-refractivity contribution in [2.45, 2.75) is 32.6 Å². The van der Waals surface area contributed by atoms with E-state index in [4.69, 9.17) is 4.98 Å². The van der Waals surface area contributed by atoms with E-state index in [1.807, 2.05) is 0 Å². The van der Waals surface area contributed by atoms with Crippen LogP contribution in [0.2, 0.25) is 0 Å². The molecule has 2 nitrogen and oxygen atoms in total. The van der Waals surface area contributed by atoms with Gasteiger partial charge in [-0.25, -0.2) is 4.98 Å². The highest BCUT2D eigenvalue weighted by Gasteiger charge is 2.34. The summed E-state index contributed by atoms with van der Waals surface area (Å²) in [5, 5.41) is 2.69. The number of rotatable bonds is 5. The van der Waals surface area contributed by atoms with Gasteiger partial charge in [-0.3, -0.25) is 4.57 Å². The summed E-state index contributed by atoms with van der Waals surface area (Å²) < 4.78 is 2.32. The first-order valence-corrected chi connectivity index (χ1v) is 17.4. The zero-order valence-corrected chi connectivity index (χ0v) is 27.3. The second kappa shape index (κ2) is 12.0. The van der Waals surface area contributed by atoms with E-state index in [9.17, 15) is 0 Å². The van der Waals surface area contributed by atoms with Crippen LogP contribution in [0.5, 0.6) is 0 Å². The molecule has 0 radical (unpaired) electrons. The SMILES string of the molecule is CC1CCC=C2C(c3ccccc3)=c3cc(-c4ccc(-c5nc6c(n5-c5ccccc5)C=CCC6)cc4)ccc3=C(c3ccccc3)C21. The van der Waals surface area contributed by atoms with Gasteiger partial charge in [-0.2, -0.15) is 0 Å². The summed E-state index contributed by atoms with van der Waals surface area (Å²) in [5.74, 6) is 1.95. The van der Waals surface area contributed by atoms with Crippen LogP contribution in [0.15, 0.2) is 151 Å². The monoisotopic (exact) mass is 618 g/mol. The Kier molecular flexibility index (Phi) is 7.16. The van der Waals surface area contributed by atoms with Crippen LogP contribution in [-0.4, -0.2) is 9.55 Å². The predicted molar refractivity (Wildman–Crippen MR) is 199 cm³/mol. The van der Waals surface area contributed by atoms with Crippen LogP contribution in [0.3, 0.4) is 0 Å². The Balaban J connectivity index is 1.23. The number of para-hydroxylation sites is 1. The summed E-state index contributed by atoms with van der Waals surface area (Å²) in [7, 11) is 0. The van der Waals surface area contributed by atoms with E-state index in [0.29, 0.717) is 11.8 Å². The smallest absolute Gasteiger partial charge is 0.145 e. The van der Waals surface area contributed by atoms with Gasteiger partial charge < -0.3 is 0 Å². The molecule has 0 aliphatic heterocycles. The molecule has 5 aromatic carbocycles. The molecule has 2 atom stereocenters. The molecule has 0 saturated heterocycles. The van der Waals surface area contributed by atoms with Gasteiger partial charge in [-0.15, -0.1) is 0 Å². The van der Waals surface area contributed by atoms with Crippen molar-refractivity contribution < 1.29 is 0 Å². The van der Waals surface area contributed by atoms with E-state index in [-0.39, 0.29) is 0 Å². The van der Waals surface area contributed by atoms with Crippen LogP contribution < -0.4 is 10.4 Å². The third kappa shape index (κ3) is 4.83. The Morgan fingerprint density at radius 3 is 2.04 bits per heavy atom. The Morgan fingerprint density at radius 1 is 0.625 bits per heavy atom. The van der Waals surface area contributed by atoms with Crippen molar-refractivity contribution in [3.05, 3.63) is 184 Å².